The van der Waals surface area contributed by atoms with Crippen molar-refractivity contribution < 1.29 is 14.3 Å². The zero-order chi connectivity index (χ0) is 22.4. The Hall–Kier alpha value is -3.21. The summed E-state index contributed by atoms with van der Waals surface area (Å²) in [5.74, 6) is 1.38. The van der Waals surface area contributed by atoms with Crippen molar-refractivity contribution in [3.05, 3.63) is 71.3 Å². The second-order valence-corrected chi connectivity index (χ2v) is 9.04. The van der Waals surface area contributed by atoms with Crippen LogP contribution in [0.3, 0.4) is 0 Å². The Bertz CT molecular complexity index is 1090. The fourth-order valence-electron chi connectivity index (χ4n) is 4.61. The van der Waals surface area contributed by atoms with Gasteiger partial charge in [-0.15, -0.1) is 0 Å². The molecule has 31 heavy (non-hydrogen) atoms. The molecule has 0 radical (unpaired) electrons. The summed E-state index contributed by atoms with van der Waals surface area (Å²) in [6.45, 7) is 13.1. The fraction of sp³-hybridized carbons (Fsp3) is 0.346. The molecule has 0 aliphatic carbocycles. The number of fused-ring (bicyclic) bond motifs is 3. The van der Waals surface area contributed by atoms with Crippen molar-refractivity contribution in [2.45, 2.75) is 38.8 Å². The average molecular weight is 419 g/mol. The van der Waals surface area contributed by atoms with Crippen LogP contribution in [-0.4, -0.2) is 31.8 Å². The average Bonchev–Trinajstić information content (AvgIpc) is 3.15. The Labute approximate surface area is 184 Å². The third kappa shape index (κ3) is 3.38. The number of ether oxygens (including phenoxy) is 2. The summed E-state index contributed by atoms with van der Waals surface area (Å²) >= 11 is 0. The summed E-state index contributed by atoms with van der Waals surface area (Å²) in [5, 5.41) is 3.26. The van der Waals surface area contributed by atoms with E-state index in [9.17, 15) is 4.79 Å². The van der Waals surface area contributed by atoms with Gasteiger partial charge in [0.2, 0.25) is 5.91 Å². The Morgan fingerprint density at radius 3 is 2.71 bits per heavy atom. The van der Waals surface area contributed by atoms with Crippen LogP contribution < -0.4 is 19.7 Å². The van der Waals surface area contributed by atoms with Crippen LogP contribution in [-0.2, 0) is 10.2 Å². The minimum Gasteiger partial charge on any atom is -0.493 e. The molecule has 1 unspecified atom stereocenters. The van der Waals surface area contributed by atoms with Crippen molar-refractivity contribution in [2.24, 2.45) is 0 Å². The molecule has 1 fully saturated rings. The molecule has 1 saturated heterocycles. The van der Waals surface area contributed by atoms with E-state index in [0.29, 0.717) is 24.7 Å². The molecule has 162 valence electrons. The predicted molar refractivity (Wildman–Crippen MR) is 125 cm³/mol. The van der Waals surface area contributed by atoms with Crippen LogP contribution in [0.25, 0.3) is 6.08 Å². The fourth-order valence-corrected chi connectivity index (χ4v) is 4.61. The highest BCUT2D eigenvalue weighted by Gasteiger charge is 2.59. The highest BCUT2D eigenvalue weighted by Crippen LogP contribution is 2.53. The van der Waals surface area contributed by atoms with E-state index < -0.39 is 5.66 Å². The first-order valence-corrected chi connectivity index (χ1v) is 10.5. The van der Waals surface area contributed by atoms with Crippen LogP contribution in [0.4, 0.5) is 5.69 Å². The quantitative estimate of drug-likeness (QED) is 0.697. The first-order valence-electron chi connectivity index (χ1n) is 10.5. The lowest BCUT2D eigenvalue weighted by Crippen LogP contribution is -2.58. The molecule has 5 nitrogen and oxygen atoms in total. The number of hydrogen-bond donors (Lipinski definition) is 1. The molecule has 1 amide bonds. The number of hydrogen-bond acceptors (Lipinski definition) is 4. The van der Waals surface area contributed by atoms with Crippen molar-refractivity contribution in [3.8, 4) is 11.5 Å². The number of nitrogens with one attached hydrogen (secondary N) is 1. The highest BCUT2D eigenvalue weighted by atomic mass is 16.5. The van der Waals surface area contributed by atoms with Crippen molar-refractivity contribution in [1.82, 2.24) is 5.32 Å². The van der Waals surface area contributed by atoms with Crippen molar-refractivity contribution in [1.29, 1.82) is 0 Å². The number of carbonyl (C=O) groups excluding carboxylic acids is 1. The molecule has 2 aromatic carbocycles. The lowest BCUT2D eigenvalue weighted by Gasteiger charge is -2.40. The lowest BCUT2D eigenvalue weighted by molar-refractivity contribution is -0.118. The van der Waals surface area contributed by atoms with Crippen LogP contribution >= 0.6 is 0 Å². The van der Waals surface area contributed by atoms with E-state index in [1.165, 1.54) is 11.1 Å². The van der Waals surface area contributed by atoms with Crippen molar-refractivity contribution in [2.75, 3.05) is 25.2 Å². The van der Waals surface area contributed by atoms with Gasteiger partial charge in [-0.3, -0.25) is 4.79 Å². The molecular weight excluding hydrogens is 388 g/mol. The zero-order valence-corrected chi connectivity index (χ0v) is 18.9. The number of rotatable bonds is 6. The van der Waals surface area contributed by atoms with Crippen LogP contribution in [0.15, 0.2) is 54.6 Å². The molecular formula is C26H30N2O3. The zero-order valence-electron chi connectivity index (χ0n) is 18.9. The lowest BCUT2D eigenvalue weighted by atomic mass is 9.75. The van der Waals surface area contributed by atoms with Gasteiger partial charge in [0.25, 0.3) is 0 Å². The van der Waals surface area contributed by atoms with Crippen molar-refractivity contribution in [3.63, 3.8) is 0 Å². The number of amides is 1. The van der Waals surface area contributed by atoms with Gasteiger partial charge in [-0.25, -0.2) is 0 Å². The van der Waals surface area contributed by atoms with Gasteiger partial charge in [0, 0.05) is 11.1 Å². The summed E-state index contributed by atoms with van der Waals surface area (Å²) < 4.78 is 11.3. The van der Waals surface area contributed by atoms with Crippen LogP contribution in [0.5, 0.6) is 11.5 Å². The molecule has 0 saturated carbocycles. The highest BCUT2D eigenvalue weighted by molar-refractivity contribution is 5.91. The standard InChI is InChI=1S/C26H30N2O3/c1-17(2)16-31-22-10-8-19(14-23(22)30-6)11-12-26-25(4,5)20-13-18(3)7-9-21(20)28(26)15-24(29)27-26/h7-14H,1,15-16H2,2-6H3,(H,27,29). The molecule has 5 heteroatoms. The van der Waals surface area contributed by atoms with Gasteiger partial charge in [-0.2, -0.15) is 0 Å². The minimum absolute atomic E-state index is 0.0325. The normalized spacial score (nSPS) is 21.1. The van der Waals surface area contributed by atoms with E-state index in [0.717, 1.165) is 16.8 Å². The van der Waals surface area contributed by atoms with Crippen molar-refractivity contribution >= 4 is 17.7 Å². The molecule has 1 N–H and O–H groups in total. The largest absolute Gasteiger partial charge is 0.493 e. The minimum atomic E-state index is -0.622. The molecule has 0 bridgehead atoms. The maximum atomic E-state index is 12.5. The SMILES string of the molecule is C=C(C)COc1ccc(C=CC23NC(=O)CN2c2ccc(C)cc2C3(C)C)cc1OC. The smallest absolute Gasteiger partial charge is 0.241 e. The van der Waals surface area contributed by atoms with Gasteiger partial charge in [-0.1, -0.05) is 50.3 Å². The van der Waals surface area contributed by atoms with Gasteiger partial charge >= 0.3 is 0 Å². The molecule has 2 aliphatic heterocycles. The Morgan fingerprint density at radius 2 is 2.00 bits per heavy atom. The third-order valence-electron chi connectivity index (χ3n) is 6.31. The Balaban J connectivity index is 1.71. The van der Waals surface area contributed by atoms with Gasteiger partial charge < -0.3 is 19.7 Å². The molecule has 2 aliphatic rings. The van der Waals surface area contributed by atoms with Gasteiger partial charge in [-0.05, 0) is 54.8 Å². The van der Waals surface area contributed by atoms with Gasteiger partial charge in [0.15, 0.2) is 11.5 Å². The first kappa shape index (κ1) is 21.0. The van der Waals surface area contributed by atoms with Gasteiger partial charge in [0.05, 0.1) is 13.7 Å². The van der Waals surface area contributed by atoms with E-state index in [1.54, 1.807) is 7.11 Å². The molecule has 0 spiro atoms. The number of benzene rings is 2. The second-order valence-electron chi connectivity index (χ2n) is 9.04. The predicted octanol–water partition coefficient (Wildman–Crippen LogP) is 4.60. The van der Waals surface area contributed by atoms with E-state index in [4.69, 9.17) is 9.47 Å². The maximum Gasteiger partial charge on any atom is 0.241 e. The third-order valence-corrected chi connectivity index (χ3v) is 6.31. The Kier molecular flexibility index (Phi) is 5.08. The molecule has 1 atom stereocenters. The summed E-state index contributed by atoms with van der Waals surface area (Å²) in [5.41, 5.74) is 4.57. The summed E-state index contributed by atoms with van der Waals surface area (Å²) in [4.78, 5) is 14.7. The van der Waals surface area contributed by atoms with Crippen LogP contribution in [0.1, 0.15) is 37.5 Å². The number of nitrogens with zero attached hydrogens (tertiary/aromatic N) is 1. The number of methoxy groups -OCH3 is 1. The Morgan fingerprint density at radius 1 is 1.23 bits per heavy atom. The maximum absolute atomic E-state index is 12.5. The molecule has 2 aromatic rings. The van der Waals surface area contributed by atoms with E-state index in [-0.39, 0.29) is 11.3 Å². The number of carbonyl (C=O) groups is 1. The summed E-state index contributed by atoms with van der Waals surface area (Å²) in [7, 11) is 1.63. The van der Waals surface area contributed by atoms with Gasteiger partial charge in [0.1, 0.15) is 12.3 Å². The number of aryl methyl sites for hydroxylation is 1. The summed E-state index contributed by atoms with van der Waals surface area (Å²) in [6.07, 6.45) is 4.15. The first-order chi connectivity index (χ1) is 14.7. The molecule has 4 rings (SSSR count). The molecule has 2 heterocycles. The van der Waals surface area contributed by atoms with E-state index in [1.807, 2.05) is 31.2 Å². The van der Waals surface area contributed by atoms with E-state index in [2.05, 4.69) is 61.8 Å². The second kappa shape index (κ2) is 7.49. The van der Waals surface area contributed by atoms with Crippen LogP contribution in [0.2, 0.25) is 0 Å². The molecule has 0 aromatic heterocycles. The van der Waals surface area contributed by atoms with E-state index >= 15 is 0 Å². The monoisotopic (exact) mass is 418 g/mol. The van der Waals surface area contributed by atoms with Crippen LogP contribution in [0, 0.1) is 6.92 Å². The summed E-state index contributed by atoms with van der Waals surface area (Å²) in [6, 6.07) is 12.3. The number of anilines is 1. The topological polar surface area (TPSA) is 50.8 Å².